The fourth-order valence-electron chi connectivity index (χ4n) is 5.45. The average molecular weight is 598 g/mol. The molecule has 2 aliphatic rings. The lowest BCUT2D eigenvalue weighted by atomic mass is 9.84. The second-order valence-electron chi connectivity index (χ2n) is 11.8. The number of benzene rings is 2. The summed E-state index contributed by atoms with van der Waals surface area (Å²) < 4.78 is 40.6. The lowest BCUT2D eigenvalue weighted by Gasteiger charge is -2.31. The third-order valence-electron chi connectivity index (χ3n) is 7.58. The van der Waals surface area contributed by atoms with Crippen molar-refractivity contribution in [1.29, 1.82) is 0 Å². The first-order valence-corrected chi connectivity index (χ1v) is 14.3. The number of amides is 4. The van der Waals surface area contributed by atoms with Crippen LogP contribution in [0.5, 0.6) is 0 Å². The molecular weight excluding hydrogens is 559 g/mol. The topological polar surface area (TPSA) is 117 Å². The molecule has 230 valence electrons. The Kier molecular flexibility index (Phi) is 9.64. The van der Waals surface area contributed by atoms with Gasteiger partial charge in [0, 0.05) is 37.8 Å². The molecule has 0 fully saturated rings. The van der Waals surface area contributed by atoms with Gasteiger partial charge in [0.1, 0.15) is 5.70 Å². The van der Waals surface area contributed by atoms with Crippen molar-refractivity contribution in [2.24, 2.45) is 11.7 Å². The Morgan fingerprint density at radius 2 is 1.84 bits per heavy atom. The van der Waals surface area contributed by atoms with Crippen LogP contribution in [-0.2, 0) is 28.7 Å². The van der Waals surface area contributed by atoms with Crippen LogP contribution in [0.3, 0.4) is 0 Å². The molecule has 8 nitrogen and oxygen atoms in total. The summed E-state index contributed by atoms with van der Waals surface area (Å²) in [4.78, 5) is 39.6. The minimum absolute atomic E-state index is 0.0287. The Morgan fingerprint density at radius 3 is 2.49 bits per heavy atom. The number of allylic oxidation sites excluding steroid dienone is 3. The van der Waals surface area contributed by atoms with Gasteiger partial charge in [0.25, 0.3) is 5.91 Å². The van der Waals surface area contributed by atoms with Gasteiger partial charge in [0.05, 0.1) is 5.56 Å². The maximum atomic E-state index is 13.8. The number of halogens is 3. The van der Waals surface area contributed by atoms with Gasteiger partial charge in [-0.3, -0.25) is 9.59 Å². The first-order valence-electron chi connectivity index (χ1n) is 14.3. The molecule has 1 heterocycles. The summed E-state index contributed by atoms with van der Waals surface area (Å²) in [6, 6.07) is 11.0. The molecule has 1 unspecified atom stereocenters. The summed E-state index contributed by atoms with van der Waals surface area (Å²) in [5.41, 5.74) is 8.34. The van der Waals surface area contributed by atoms with Crippen LogP contribution in [0.25, 0.3) is 5.57 Å². The number of carbonyl (C=O) groups is 3. The highest BCUT2D eigenvalue weighted by Crippen LogP contribution is 2.37. The predicted molar refractivity (Wildman–Crippen MR) is 160 cm³/mol. The van der Waals surface area contributed by atoms with E-state index in [0.29, 0.717) is 24.2 Å². The van der Waals surface area contributed by atoms with E-state index < -0.39 is 29.1 Å². The molecule has 2 aromatic rings. The Morgan fingerprint density at radius 1 is 1.09 bits per heavy atom. The van der Waals surface area contributed by atoms with Gasteiger partial charge in [-0.05, 0) is 85.9 Å². The highest BCUT2D eigenvalue weighted by Gasteiger charge is 2.34. The number of fused-ring (bicyclic) bond motifs is 1. The number of hydrogen-bond donors (Lipinski definition) is 4. The number of rotatable bonds is 8. The predicted octanol–water partition coefficient (Wildman–Crippen LogP) is 5.03. The zero-order valence-electron chi connectivity index (χ0n) is 24.6. The molecule has 0 bridgehead atoms. The van der Waals surface area contributed by atoms with Crippen LogP contribution < -0.4 is 26.6 Å². The second-order valence-corrected chi connectivity index (χ2v) is 11.8. The minimum atomic E-state index is -4.53. The third kappa shape index (κ3) is 8.25. The number of urea groups is 1. The Labute approximate surface area is 249 Å². The van der Waals surface area contributed by atoms with Crippen molar-refractivity contribution in [2.45, 2.75) is 64.2 Å². The number of anilines is 1. The van der Waals surface area contributed by atoms with Crippen LogP contribution in [-0.4, -0.2) is 37.0 Å². The third-order valence-corrected chi connectivity index (χ3v) is 7.58. The summed E-state index contributed by atoms with van der Waals surface area (Å²) in [5.74, 6) is -0.872. The van der Waals surface area contributed by atoms with Crippen molar-refractivity contribution in [3.63, 3.8) is 0 Å². The van der Waals surface area contributed by atoms with Crippen LogP contribution in [0.2, 0.25) is 0 Å². The van der Waals surface area contributed by atoms with Crippen LogP contribution in [0.15, 0.2) is 60.3 Å². The van der Waals surface area contributed by atoms with Gasteiger partial charge >= 0.3 is 12.2 Å². The molecule has 4 rings (SSSR count). The van der Waals surface area contributed by atoms with Crippen LogP contribution in [0.4, 0.5) is 23.7 Å². The molecule has 1 aliphatic heterocycles. The molecule has 0 saturated heterocycles. The summed E-state index contributed by atoms with van der Waals surface area (Å²) >= 11 is 0. The highest BCUT2D eigenvalue weighted by atomic mass is 19.4. The Balaban J connectivity index is 1.57. The monoisotopic (exact) mass is 597 g/mol. The molecule has 0 spiro atoms. The van der Waals surface area contributed by atoms with Crippen molar-refractivity contribution >= 4 is 29.1 Å². The largest absolute Gasteiger partial charge is 0.416 e. The van der Waals surface area contributed by atoms with Gasteiger partial charge < -0.3 is 26.6 Å². The molecule has 43 heavy (non-hydrogen) atoms. The highest BCUT2D eigenvalue weighted by molar-refractivity contribution is 6.08. The van der Waals surface area contributed by atoms with E-state index in [0.717, 1.165) is 41.7 Å². The van der Waals surface area contributed by atoms with Gasteiger partial charge in [-0.1, -0.05) is 36.4 Å². The summed E-state index contributed by atoms with van der Waals surface area (Å²) in [6.07, 6.45) is 1.23. The van der Waals surface area contributed by atoms with E-state index in [2.05, 4.69) is 22.0 Å². The molecule has 1 aliphatic carbocycles. The molecule has 4 amide bonds. The Bertz CT molecular complexity index is 1440. The molecule has 2 aromatic carbocycles. The number of hydrogen-bond acceptors (Lipinski definition) is 4. The molecule has 5 N–H and O–H groups in total. The van der Waals surface area contributed by atoms with E-state index in [1.165, 1.54) is 17.0 Å². The lowest BCUT2D eigenvalue weighted by molar-refractivity contribution is -0.137. The van der Waals surface area contributed by atoms with Gasteiger partial charge in [0.2, 0.25) is 5.91 Å². The number of carbonyl (C=O) groups excluding carboxylic acids is 3. The number of nitrogens with zero attached hydrogens (tertiary/aromatic N) is 1. The standard InChI is InChI=1S/C32H38F3N5O3/c1-31(2,36)17-28(41)39-26-14-12-22-16-24(32(33,34)35)13-15-27(22)40(29(26)42)19-20-8-10-21(11-9-20)25-7-5-4-6-23(25)18-38-30(43)37-3/h4-7,10,13-16,20H,8-9,11-12,17-19,36H2,1-3H3,(H,39,41)(H2,37,38,43). The molecule has 11 heteroatoms. The average Bonchev–Trinajstić information content (AvgIpc) is 3.07. The number of alkyl halides is 3. The molecule has 0 saturated carbocycles. The van der Waals surface area contributed by atoms with E-state index in [4.69, 9.17) is 5.73 Å². The zero-order valence-corrected chi connectivity index (χ0v) is 24.6. The van der Waals surface area contributed by atoms with Gasteiger partial charge in [-0.15, -0.1) is 0 Å². The smallest absolute Gasteiger partial charge is 0.341 e. The van der Waals surface area contributed by atoms with Crippen molar-refractivity contribution < 1.29 is 27.6 Å². The minimum Gasteiger partial charge on any atom is -0.341 e. The zero-order chi connectivity index (χ0) is 31.4. The lowest BCUT2D eigenvalue weighted by Crippen LogP contribution is -2.43. The van der Waals surface area contributed by atoms with E-state index in [-0.39, 0.29) is 37.0 Å². The van der Waals surface area contributed by atoms with E-state index in [9.17, 15) is 27.6 Å². The first-order chi connectivity index (χ1) is 20.2. The maximum Gasteiger partial charge on any atom is 0.416 e. The normalized spacial score (nSPS) is 17.3. The van der Waals surface area contributed by atoms with E-state index in [1.54, 1.807) is 20.9 Å². The van der Waals surface area contributed by atoms with Crippen molar-refractivity contribution in [2.75, 3.05) is 18.5 Å². The van der Waals surface area contributed by atoms with Crippen molar-refractivity contribution in [3.05, 3.63) is 82.6 Å². The molecule has 0 aromatic heterocycles. The van der Waals surface area contributed by atoms with Crippen LogP contribution in [0, 0.1) is 5.92 Å². The van der Waals surface area contributed by atoms with Crippen molar-refractivity contribution in [1.82, 2.24) is 16.0 Å². The number of nitrogens with two attached hydrogens (primary N) is 1. The quantitative estimate of drug-likeness (QED) is 0.341. The van der Waals surface area contributed by atoms with E-state index >= 15 is 0 Å². The van der Waals surface area contributed by atoms with Crippen LogP contribution >= 0.6 is 0 Å². The number of nitrogens with one attached hydrogen (secondary N) is 3. The van der Waals surface area contributed by atoms with Gasteiger partial charge in [-0.2, -0.15) is 13.2 Å². The molecule has 0 radical (unpaired) electrons. The van der Waals surface area contributed by atoms with Gasteiger partial charge in [-0.25, -0.2) is 4.79 Å². The van der Waals surface area contributed by atoms with Crippen molar-refractivity contribution in [3.8, 4) is 0 Å². The fourth-order valence-corrected chi connectivity index (χ4v) is 5.45. The SMILES string of the molecule is CNC(=O)NCc1ccccc1C1=CCC(CN2C(=O)C(NC(=O)CC(C)(C)N)=CCc3cc(C(F)(F)F)ccc32)CC1. The first kappa shape index (κ1) is 31.8. The molecular formula is C32H38F3N5O3. The summed E-state index contributed by atoms with van der Waals surface area (Å²) in [6.45, 7) is 4.03. The summed E-state index contributed by atoms with van der Waals surface area (Å²) in [7, 11) is 1.56. The van der Waals surface area contributed by atoms with Crippen LogP contribution in [0.1, 0.15) is 61.8 Å². The van der Waals surface area contributed by atoms with E-state index in [1.807, 2.05) is 24.3 Å². The second kappa shape index (κ2) is 13.0. The maximum absolute atomic E-state index is 13.8. The Hall–Kier alpha value is -4.12. The van der Waals surface area contributed by atoms with Gasteiger partial charge in [0.15, 0.2) is 0 Å². The fraction of sp³-hybridized carbons (Fsp3) is 0.406. The molecule has 1 atom stereocenters. The summed E-state index contributed by atoms with van der Waals surface area (Å²) in [5, 5.41) is 8.02.